The van der Waals surface area contributed by atoms with Crippen LogP contribution in [-0.4, -0.2) is 26.2 Å². The lowest BCUT2D eigenvalue weighted by Gasteiger charge is -2.21. The first-order chi connectivity index (χ1) is 8.86. The van der Waals surface area contributed by atoms with Crippen LogP contribution in [0.1, 0.15) is 36.4 Å². The van der Waals surface area contributed by atoms with Gasteiger partial charge in [0.05, 0.1) is 6.61 Å². The standard InChI is InChI=1S/C15H22N2O/c1-16-14(10-13-3-2-7-17-13)11-4-5-15-12(9-11)6-8-18-15/h4-5,9,13-14,16-17H,2-3,6-8,10H2,1H3. The van der Waals surface area contributed by atoms with Crippen molar-refractivity contribution in [3.8, 4) is 5.75 Å². The molecule has 2 N–H and O–H groups in total. The number of fused-ring (bicyclic) bond motifs is 1. The van der Waals surface area contributed by atoms with Gasteiger partial charge in [-0.3, -0.25) is 0 Å². The summed E-state index contributed by atoms with van der Waals surface area (Å²) in [5.41, 5.74) is 2.77. The molecule has 2 unspecified atom stereocenters. The molecule has 18 heavy (non-hydrogen) atoms. The molecule has 2 aliphatic rings. The molecule has 0 bridgehead atoms. The largest absolute Gasteiger partial charge is 0.493 e. The molecule has 0 saturated carbocycles. The summed E-state index contributed by atoms with van der Waals surface area (Å²) >= 11 is 0. The van der Waals surface area contributed by atoms with E-state index in [-0.39, 0.29) is 0 Å². The van der Waals surface area contributed by atoms with Gasteiger partial charge in [-0.1, -0.05) is 12.1 Å². The zero-order valence-electron chi connectivity index (χ0n) is 11.0. The van der Waals surface area contributed by atoms with Gasteiger partial charge in [0.1, 0.15) is 5.75 Å². The van der Waals surface area contributed by atoms with E-state index >= 15 is 0 Å². The molecule has 1 saturated heterocycles. The van der Waals surface area contributed by atoms with Crippen LogP contribution in [0.15, 0.2) is 18.2 Å². The molecule has 0 radical (unpaired) electrons. The molecule has 3 heteroatoms. The summed E-state index contributed by atoms with van der Waals surface area (Å²) in [4.78, 5) is 0. The van der Waals surface area contributed by atoms with E-state index in [0.29, 0.717) is 12.1 Å². The van der Waals surface area contributed by atoms with Crippen molar-refractivity contribution in [2.45, 2.75) is 37.8 Å². The summed E-state index contributed by atoms with van der Waals surface area (Å²) in [5, 5.41) is 7.03. The van der Waals surface area contributed by atoms with Gasteiger partial charge in [-0.25, -0.2) is 0 Å². The summed E-state index contributed by atoms with van der Waals surface area (Å²) in [5.74, 6) is 1.08. The third-order valence-corrected chi connectivity index (χ3v) is 4.15. The lowest BCUT2D eigenvalue weighted by molar-refractivity contribution is 0.356. The van der Waals surface area contributed by atoms with E-state index < -0.39 is 0 Å². The van der Waals surface area contributed by atoms with Crippen molar-refractivity contribution < 1.29 is 4.74 Å². The van der Waals surface area contributed by atoms with E-state index in [1.165, 1.54) is 36.9 Å². The fraction of sp³-hybridized carbons (Fsp3) is 0.600. The van der Waals surface area contributed by atoms with Gasteiger partial charge in [-0.15, -0.1) is 0 Å². The first-order valence-corrected chi connectivity index (χ1v) is 7.03. The van der Waals surface area contributed by atoms with Crippen LogP contribution in [0.4, 0.5) is 0 Å². The summed E-state index contributed by atoms with van der Waals surface area (Å²) in [6.07, 6.45) is 4.86. The first-order valence-electron chi connectivity index (χ1n) is 7.03. The Morgan fingerprint density at radius 3 is 3.22 bits per heavy atom. The number of hydrogen-bond donors (Lipinski definition) is 2. The maximum Gasteiger partial charge on any atom is 0.122 e. The Labute approximate surface area is 109 Å². The minimum atomic E-state index is 0.450. The van der Waals surface area contributed by atoms with Gasteiger partial charge in [0.15, 0.2) is 0 Å². The summed E-state index contributed by atoms with van der Waals surface area (Å²) in [7, 11) is 2.06. The fourth-order valence-corrected chi connectivity index (χ4v) is 3.09. The first kappa shape index (κ1) is 12.0. The number of nitrogens with one attached hydrogen (secondary N) is 2. The second-order valence-corrected chi connectivity index (χ2v) is 5.34. The molecule has 3 nitrogen and oxygen atoms in total. The van der Waals surface area contributed by atoms with Gasteiger partial charge >= 0.3 is 0 Å². The van der Waals surface area contributed by atoms with E-state index in [1.54, 1.807) is 0 Å². The van der Waals surface area contributed by atoms with Crippen LogP contribution in [-0.2, 0) is 6.42 Å². The zero-order valence-corrected chi connectivity index (χ0v) is 11.0. The monoisotopic (exact) mass is 246 g/mol. The highest BCUT2D eigenvalue weighted by atomic mass is 16.5. The minimum Gasteiger partial charge on any atom is -0.493 e. The molecule has 2 heterocycles. The van der Waals surface area contributed by atoms with Gasteiger partial charge in [0.25, 0.3) is 0 Å². The van der Waals surface area contributed by atoms with Gasteiger partial charge < -0.3 is 15.4 Å². The lowest BCUT2D eigenvalue weighted by Crippen LogP contribution is -2.28. The maximum atomic E-state index is 5.57. The fourth-order valence-electron chi connectivity index (χ4n) is 3.09. The van der Waals surface area contributed by atoms with E-state index in [0.717, 1.165) is 18.8 Å². The number of ether oxygens (including phenoxy) is 1. The van der Waals surface area contributed by atoms with Gasteiger partial charge in [0, 0.05) is 18.5 Å². The number of rotatable bonds is 4. The summed E-state index contributed by atoms with van der Waals surface area (Å²) in [6.45, 7) is 2.02. The highest BCUT2D eigenvalue weighted by Crippen LogP contribution is 2.30. The summed E-state index contributed by atoms with van der Waals surface area (Å²) in [6, 6.07) is 7.78. The predicted molar refractivity (Wildman–Crippen MR) is 73.1 cm³/mol. The van der Waals surface area contributed by atoms with Crippen molar-refractivity contribution in [1.29, 1.82) is 0 Å². The van der Waals surface area contributed by atoms with Crippen LogP contribution in [0.5, 0.6) is 5.75 Å². The molecule has 0 aliphatic carbocycles. The van der Waals surface area contributed by atoms with Crippen molar-refractivity contribution in [2.24, 2.45) is 0 Å². The van der Waals surface area contributed by atoms with Crippen molar-refractivity contribution in [3.05, 3.63) is 29.3 Å². The highest BCUT2D eigenvalue weighted by Gasteiger charge is 2.21. The smallest absolute Gasteiger partial charge is 0.122 e. The Kier molecular flexibility index (Phi) is 3.52. The molecular formula is C15H22N2O. The van der Waals surface area contributed by atoms with Gasteiger partial charge in [-0.05, 0) is 50.0 Å². The molecule has 1 aromatic rings. The number of hydrogen-bond acceptors (Lipinski definition) is 3. The zero-order chi connectivity index (χ0) is 12.4. The normalized spacial score (nSPS) is 23.7. The third kappa shape index (κ3) is 2.38. The molecule has 0 spiro atoms. The van der Waals surface area contributed by atoms with Crippen LogP contribution in [0, 0.1) is 0 Å². The van der Waals surface area contributed by atoms with Crippen LogP contribution < -0.4 is 15.4 Å². The molecule has 1 aromatic carbocycles. The molecule has 2 aliphatic heterocycles. The lowest BCUT2D eigenvalue weighted by atomic mass is 9.96. The second kappa shape index (κ2) is 5.29. The molecular weight excluding hydrogens is 224 g/mol. The molecule has 0 aromatic heterocycles. The minimum absolute atomic E-state index is 0.450. The molecule has 0 amide bonds. The third-order valence-electron chi connectivity index (χ3n) is 4.15. The van der Waals surface area contributed by atoms with Crippen LogP contribution in [0.25, 0.3) is 0 Å². The Bertz CT molecular complexity index is 413. The average Bonchev–Trinajstić information content (AvgIpc) is 3.06. The highest BCUT2D eigenvalue weighted by molar-refractivity contribution is 5.40. The van der Waals surface area contributed by atoms with Gasteiger partial charge in [-0.2, -0.15) is 0 Å². The summed E-state index contributed by atoms with van der Waals surface area (Å²) < 4.78 is 5.57. The Balaban J connectivity index is 1.74. The van der Waals surface area contributed by atoms with E-state index in [2.05, 4.69) is 35.9 Å². The topological polar surface area (TPSA) is 33.3 Å². The second-order valence-electron chi connectivity index (χ2n) is 5.34. The molecule has 1 fully saturated rings. The molecule has 3 rings (SSSR count). The van der Waals surface area contributed by atoms with Crippen LogP contribution >= 0.6 is 0 Å². The maximum absolute atomic E-state index is 5.57. The van der Waals surface area contributed by atoms with Crippen LogP contribution in [0.3, 0.4) is 0 Å². The SMILES string of the molecule is CNC(CC1CCCN1)c1ccc2c(c1)CCO2. The number of benzene rings is 1. The molecule has 98 valence electrons. The Hall–Kier alpha value is -1.06. The van der Waals surface area contributed by atoms with Crippen molar-refractivity contribution >= 4 is 0 Å². The van der Waals surface area contributed by atoms with E-state index in [1.807, 2.05) is 0 Å². The predicted octanol–water partition coefficient (Wildman–Crippen LogP) is 2.02. The van der Waals surface area contributed by atoms with E-state index in [4.69, 9.17) is 4.74 Å². The van der Waals surface area contributed by atoms with Gasteiger partial charge in [0.2, 0.25) is 0 Å². The quantitative estimate of drug-likeness (QED) is 0.853. The average molecular weight is 246 g/mol. The Morgan fingerprint density at radius 1 is 1.50 bits per heavy atom. The van der Waals surface area contributed by atoms with E-state index in [9.17, 15) is 0 Å². The van der Waals surface area contributed by atoms with Crippen molar-refractivity contribution in [2.75, 3.05) is 20.2 Å². The Morgan fingerprint density at radius 2 is 2.44 bits per heavy atom. The molecule has 2 atom stereocenters. The van der Waals surface area contributed by atoms with Crippen molar-refractivity contribution in [3.63, 3.8) is 0 Å². The van der Waals surface area contributed by atoms with Crippen molar-refractivity contribution in [1.82, 2.24) is 10.6 Å². The van der Waals surface area contributed by atoms with Crippen LogP contribution in [0.2, 0.25) is 0 Å².